The van der Waals surface area contributed by atoms with Crippen LogP contribution in [0.5, 0.6) is 0 Å². The maximum Gasteiger partial charge on any atom is 0.325 e. The highest BCUT2D eigenvalue weighted by molar-refractivity contribution is 6.46. The molecule has 4 aliphatic rings. The maximum atomic E-state index is 6.30. The second-order valence-electron chi connectivity index (χ2n) is 7.75. The van der Waals surface area contributed by atoms with Gasteiger partial charge >= 0.3 is 9.28 Å². The van der Waals surface area contributed by atoms with Gasteiger partial charge in [-0.15, -0.1) is 0 Å². The molecule has 0 aromatic heterocycles. The molecule has 0 spiro atoms. The van der Waals surface area contributed by atoms with Crippen molar-refractivity contribution < 1.29 is 8.85 Å². The van der Waals surface area contributed by atoms with E-state index < -0.39 is 9.28 Å². The Kier molecular flexibility index (Phi) is 4.07. The van der Waals surface area contributed by atoms with Gasteiger partial charge in [0.25, 0.3) is 0 Å². The Morgan fingerprint density at radius 1 is 0.737 bits per heavy atom. The molecule has 4 fully saturated rings. The van der Waals surface area contributed by atoms with Gasteiger partial charge in [-0.25, -0.2) is 0 Å². The highest BCUT2D eigenvalue weighted by Crippen LogP contribution is 2.60. The molecule has 0 amide bonds. The minimum atomic E-state index is -1.52. The summed E-state index contributed by atoms with van der Waals surface area (Å²) in [5.41, 5.74) is 0.803. The smallest absolute Gasteiger partial charge is 0.325 e. The zero-order valence-electron chi connectivity index (χ0n) is 13.0. The molecule has 4 saturated carbocycles. The topological polar surface area (TPSA) is 18.5 Å². The van der Waals surface area contributed by atoms with E-state index in [2.05, 4.69) is 27.7 Å². The Hall–Kier alpha value is 0.137. The normalized spacial score (nSPS) is 40.9. The van der Waals surface area contributed by atoms with E-state index in [4.69, 9.17) is 8.85 Å². The van der Waals surface area contributed by atoms with Crippen molar-refractivity contribution in [1.29, 1.82) is 0 Å². The van der Waals surface area contributed by atoms with Gasteiger partial charge in [0.2, 0.25) is 0 Å². The molecule has 4 bridgehead atoms. The SMILES string of the molecule is CC(C)O[SiH](OC(C)C)C1C2CC3CC(C2)CC1C3. The van der Waals surface area contributed by atoms with Crippen molar-refractivity contribution in [2.24, 2.45) is 23.7 Å². The molecule has 0 radical (unpaired) electrons. The maximum absolute atomic E-state index is 6.30. The van der Waals surface area contributed by atoms with Gasteiger partial charge in [-0.2, -0.15) is 0 Å². The Balaban J connectivity index is 1.74. The molecular weight excluding hydrogens is 252 g/mol. The van der Waals surface area contributed by atoms with Crippen LogP contribution in [0.4, 0.5) is 0 Å². The first-order valence-corrected chi connectivity index (χ1v) is 9.94. The Morgan fingerprint density at radius 2 is 1.16 bits per heavy atom. The van der Waals surface area contributed by atoms with E-state index >= 15 is 0 Å². The van der Waals surface area contributed by atoms with Gasteiger partial charge in [0, 0.05) is 17.7 Å². The van der Waals surface area contributed by atoms with Crippen molar-refractivity contribution in [3.8, 4) is 0 Å². The fraction of sp³-hybridized carbons (Fsp3) is 1.00. The van der Waals surface area contributed by atoms with Crippen LogP contribution in [0.2, 0.25) is 5.54 Å². The summed E-state index contributed by atoms with van der Waals surface area (Å²) >= 11 is 0. The summed E-state index contributed by atoms with van der Waals surface area (Å²) in [4.78, 5) is 0. The summed E-state index contributed by atoms with van der Waals surface area (Å²) in [6.07, 6.45) is 8.09. The number of rotatable bonds is 5. The van der Waals surface area contributed by atoms with E-state index in [-0.39, 0.29) is 0 Å². The lowest BCUT2D eigenvalue weighted by molar-refractivity contribution is -0.00311. The van der Waals surface area contributed by atoms with Crippen molar-refractivity contribution in [3.63, 3.8) is 0 Å². The number of hydrogen-bond donors (Lipinski definition) is 0. The molecule has 110 valence electrons. The Bertz CT molecular complexity index is 278. The van der Waals surface area contributed by atoms with Gasteiger partial charge < -0.3 is 8.85 Å². The first kappa shape index (κ1) is 14.1. The first-order chi connectivity index (χ1) is 9.02. The monoisotopic (exact) mass is 282 g/mol. The van der Waals surface area contributed by atoms with Crippen LogP contribution in [0.1, 0.15) is 59.8 Å². The third-order valence-electron chi connectivity index (χ3n) is 5.43. The zero-order valence-corrected chi connectivity index (χ0v) is 14.1. The predicted molar refractivity (Wildman–Crippen MR) is 80.4 cm³/mol. The summed E-state index contributed by atoms with van der Waals surface area (Å²) in [6, 6.07) is 0. The molecule has 0 aromatic carbocycles. The molecule has 3 heteroatoms. The van der Waals surface area contributed by atoms with Crippen LogP contribution in [-0.4, -0.2) is 21.5 Å². The summed E-state index contributed by atoms with van der Waals surface area (Å²) in [5.74, 6) is 3.97. The van der Waals surface area contributed by atoms with Gasteiger partial charge in [0.1, 0.15) is 0 Å². The molecule has 4 aliphatic carbocycles. The summed E-state index contributed by atoms with van der Waals surface area (Å²) < 4.78 is 12.6. The molecule has 19 heavy (non-hydrogen) atoms. The van der Waals surface area contributed by atoms with Crippen LogP contribution in [0.3, 0.4) is 0 Å². The van der Waals surface area contributed by atoms with Crippen LogP contribution >= 0.6 is 0 Å². The van der Waals surface area contributed by atoms with E-state index in [0.29, 0.717) is 12.2 Å². The van der Waals surface area contributed by atoms with Gasteiger partial charge in [0.15, 0.2) is 0 Å². The quantitative estimate of drug-likeness (QED) is 0.712. The van der Waals surface area contributed by atoms with Crippen molar-refractivity contribution in [2.45, 2.75) is 77.5 Å². The molecule has 2 nitrogen and oxygen atoms in total. The third kappa shape index (κ3) is 2.93. The molecular formula is C16H30O2Si. The fourth-order valence-electron chi connectivity index (χ4n) is 5.16. The first-order valence-electron chi connectivity index (χ1n) is 8.33. The highest BCUT2D eigenvalue weighted by Gasteiger charge is 2.52. The average molecular weight is 282 g/mol. The van der Waals surface area contributed by atoms with Crippen LogP contribution in [0.15, 0.2) is 0 Å². The van der Waals surface area contributed by atoms with Crippen LogP contribution < -0.4 is 0 Å². The second-order valence-corrected chi connectivity index (χ2v) is 9.80. The molecule has 0 saturated heterocycles. The summed E-state index contributed by atoms with van der Waals surface area (Å²) in [5, 5.41) is 0. The lowest BCUT2D eigenvalue weighted by Crippen LogP contribution is -2.50. The molecule has 4 rings (SSSR count). The zero-order chi connectivity index (χ0) is 13.6. The fourth-order valence-corrected chi connectivity index (χ4v) is 8.18. The van der Waals surface area contributed by atoms with Crippen molar-refractivity contribution in [1.82, 2.24) is 0 Å². The molecule has 0 atom stereocenters. The second kappa shape index (κ2) is 5.49. The van der Waals surface area contributed by atoms with Crippen LogP contribution in [-0.2, 0) is 8.85 Å². The van der Waals surface area contributed by atoms with E-state index in [0.717, 1.165) is 29.2 Å². The van der Waals surface area contributed by atoms with E-state index in [9.17, 15) is 0 Å². The minimum Gasteiger partial charge on any atom is -0.394 e. The standard InChI is InChI=1S/C16H30O2Si/c1-10(2)17-19(18-11(3)4)16-14-6-12-5-13(8-14)9-15(16)7-12/h10-16,19H,5-9H2,1-4H3. The largest absolute Gasteiger partial charge is 0.394 e. The van der Waals surface area contributed by atoms with Crippen LogP contribution in [0.25, 0.3) is 0 Å². The minimum absolute atomic E-state index is 0.326. The Morgan fingerprint density at radius 3 is 1.53 bits per heavy atom. The van der Waals surface area contributed by atoms with Gasteiger partial charge in [-0.3, -0.25) is 0 Å². The molecule has 0 N–H and O–H groups in total. The lowest BCUT2D eigenvalue weighted by Gasteiger charge is -2.55. The Labute approximate surface area is 120 Å². The highest BCUT2D eigenvalue weighted by atomic mass is 28.3. The van der Waals surface area contributed by atoms with Crippen molar-refractivity contribution in [2.75, 3.05) is 0 Å². The third-order valence-corrected chi connectivity index (χ3v) is 8.77. The predicted octanol–water partition coefficient (Wildman–Crippen LogP) is 3.88. The molecule has 0 heterocycles. The summed E-state index contributed by atoms with van der Waals surface area (Å²) in [6.45, 7) is 8.67. The van der Waals surface area contributed by atoms with Gasteiger partial charge in [-0.05, 0) is 83.5 Å². The van der Waals surface area contributed by atoms with Gasteiger partial charge in [-0.1, -0.05) is 0 Å². The van der Waals surface area contributed by atoms with Gasteiger partial charge in [0.05, 0.1) is 0 Å². The molecule has 0 unspecified atom stereocenters. The van der Waals surface area contributed by atoms with E-state index in [1.54, 1.807) is 0 Å². The summed E-state index contributed by atoms with van der Waals surface area (Å²) in [7, 11) is -1.52. The average Bonchev–Trinajstić information content (AvgIpc) is 2.25. The molecule has 0 aromatic rings. The van der Waals surface area contributed by atoms with Crippen molar-refractivity contribution in [3.05, 3.63) is 0 Å². The lowest BCUT2D eigenvalue weighted by atomic mass is 9.56. The van der Waals surface area contributed by atoms with Crippen LogP contribution in [0, 0.1) is 23.7 Å². The van der Waals surface area contributed by atoms with E-state index in [1.165, 1.54) is 32.1 Å². The number of hydrogen-bond acceptors (Lipinski definition) is 2. The van der Waals surface area contributed by atoms with E-state index in [1.807, 2.05) is 0 Å². The molecule has 0 aliphatic heterocycles. The van der Waals surface area contributed by atoms with Crippen molar-refractivity contribution >= 4 is 9.28 Å².